The number of ketones is 1. The van der Waals surface area contributed by atoms with Crippen LogP contribution in [0.3, 0.4) is 0 Å². The van der Waals surface area contributed by atoms with Gasteiger partial charge in [0.1, 0.15) is 5.75 Å². The van der Waals surface area contributed by atoms with Crippen LogP contribution in [0.4, 0.5) is 0 Å². The summed E-state index contributed by atoms with van der Waals surface area (Å²) in [4.78, 5) is 12.0. The lowest BCUT2D eigenvalue weighted by molar-refractivity contribution is -0.113. The van der Waals surface area contributed by atoms with E-state index in [-0.39, 0.29) is 5.78 Å². The molecule has 0 aromatic heterocycles. The topological polar surface area (TPSA) is 43.4 Å². The standard InChI is InChI=1S/C16H18O3S/c1-20(18)16-12-13(11-15(16)17)7-5-6-10-19-14-8-3-2-4-9-14/h2-4,7-9,12H,5-6,10-11H2,1H3. The average molecular weight is 290 g/mol. The van der Waals surface area contributed by atoms with E-state index in [0.717, 1.165) is 24.2 Å². The van der Waals surface area contributed by atoms with Crippen LogP contribution in [0.1, 0.15) is 19.3 Å². The summed E-state index contributed by atoms with van der Waals surface area (Å²) in [6.45, 7) is 0.651. The van der Waals surface area contributed by atoms with Crippen LogP contribution in [0.15, 0.2) is 53.0 Å². The molecule has 0 N–H and O–H groups in total. The van der Waals surface area contributed by atoms with Crippen molar-refractivity contribution in [1.29, 1.82) is 0 Å². The first-order valence-electron chi connectivity index (χ1n) is 6.62. The van der Waals surface area contributed by atoms with Gasteiger partial charge in [0.25, 0.3) is 0 Å². The third-order valence-corrected chi connectivity index (χ3v) is 4.00. The van der Waals surface area contributed by atoms with Gasteiger partial charge < -0.3 is 4.74 Å². The molecule has 1 aliphatic rings. The Bertz CT molecular complexity index is 558. The Balaban J connectivity index is 1.75. The zero-order valence-electron chi connectivity index (χ0n) is 11.5. The second kappa shape index (κ2) is 7.20. The molecule has 0 radical (unpaired) electrons. The van der Waals surface area contributed by atoms with Crippen molar-refractivity contribution >= 4 is 16.6 Å². The molecule has 0 spiro atoms. The Labute approximate surface area is 121 Å². The van der Waals surface area contributed by atoms with Gasteiger partial charge in [0.2, 0.25) is 0 Å². The molecule has 0 bridgehead atoms. The van der Waals surface area contributed by atoms with Crippen molar-refractivity contribution in [1.82, 2.24) is 0 Å². The lowest BCUT2D eigenvalue weighted by Crippen LogP contribution is -2.00. The Morgan fingerprint density at radius 1 is 1.30 bits per heavy atom. The van der Waals surface area contributed by atoms with Crippen molar-refractivity contribution < 1.29 is 13.7 Å². The van der Waals surface area contributed by atoms with Crippen LogP contribution in [-0.4, -0.2) is 22.9 Å². The molecule has 0 amide bonds. The van der Waals surface area contributed by atoms with Crippen LogP contribution in [0.25, 0.3) is 0 Å². The first-order chi connectivity index (χ1) is 9.66. The average Bonchev–Trinajstić information content (AvgIpc) is 2.81. The van der Waals surface area contributed by atoms with E-state index in [2.05, 4.69) is 0 Å². The first-order valence-corrected chi connectivity index (χ1v) is 8.18. The van der Waals surface area contributed by atoms with Gasteiger partial charge in [-0.2, -0.15) is 0 Å². The smallest absolute Gasteiger partial charge is 0.176 e. The Morgan fingerprint density at radius 2 is 2.05 bits per heavy atom. The minimum atomic E-state index is -1.18. The molecular weight excluding hydrogens is 272 g/mol. The molecule has 1 aromatic carbocycles. The molecule has 0 saturated carbocycles. The van der Waals surface area contributed by atoms with E-state index in [4.69, 9.17) is 4.74 Å². The summed E-state index contributed by atoms with van der Waals surface area (Å²) in [7, 11) is -1.18. The van der Waals surface area contributed by atoms with Gasteiger partial charge in [-0.15, -0.1) is 0 Å². The second-order valence-corrected chi connectivity index (χ2v) is 5.99. The lowest BCUT2D eigenvalue weighted by atomic mass is 10.2. The van der Waals surface area contributed by atoms with Gasteiger partial charge in [-0.25, -0.2) is 0 Å². The number of hydrogen-bond donors (Lipinski definition) is 0. The molecule has 1 aromatic rings. The molecule has 4 heteroatoms. The molecular formula is C16H18O3S. The van der Waals surface area contributed by atoms with Gasteiger partial charge in [0.15, 0.2) is 5.78 Å². The number of unbranched alkanes of at least 4 members (excludes halogenated alkanes) is 1. The number of carbonyl (C=O) groups excluding carboxylic acids is 1. The number of rotatable bonds is 6. The number of hydrogen-bond acceptors (Lipinski definition) is 3. The largest absolute Gasteiger partial charge is 0.494 e. The SMILES string of the molecule is CS(=O)C1=CC(=CCCCOc2ccccc2)CC1=O. The van der Waals surface area contributed by atoms with E-state index in [9.17, 15) is 9.00 Å². The highest BCUT2D eigenvalue weighted by atomic mass is 32.2. The van der Waals surface area contributed by atoms with Crippen molar-refractivity contribution in [2.75, 3.05) is 12.9 Å². The summed E-state index contributed by atoms with van der Waals surface area (Å²) in [5.74, 6) is 0.859. The first kappa shape index (κ1) is 14.7. The third kappa shape index (κ3) is 4.17. The van der Waals surface area contributed by atoms with Crippen molar-refractivity contribution in [3.05, 3.63) is 53.0 Å². The molecule has 20 heavy (non-hydrogen) atoms. The molecule has 106 valence electrons. The number of para-hydroxylation sites is 1. The molecule has 1 unspecified atom stereocenters. The van der Waals surface area contributed by atoms with Gasteiger partial charge in [-0.05, 0) is 36.6 Å². The molecule has 3 nitrogen and oxygen atoms in total. The monoisotopic (exact) mass is 290 g/mol. The highest BCUT2D eigenvalue weighted by Gasteiger charge is 2.21. The maximum absolute atomic E-state index is 11.6. The molecule has 1 atom stereocenters. The van der Waals surface area contributed by atoms with Crippen LogP contribution >= 0.6 is 0 Å². The fourth-order valence-corrected chi connectivity index (χ4v) is 2.73. The van der Waals surface area contributed by atoms with Crippen molar-refractivity contribution in [2.24, 2.45) is 0 Å². The van der Waals surface area contributed by atoms with E-state index in [1.807, 2.05) is 36.4 Å². The van der Waals surface area contributed by atoms with E-state index >= 15 is 0 Å². The molecule has 0 fully saturated rings. The van der Waals surface area contributed by atoms with Gasteiger partial charge >= 0.3 is 0 Å². The molecule has 0 saturated heterocycles. The Morgan fingerprint density at radius 3 is 2.70 bits per heavy atom. The van der Waals surface area contributed by atoms with Gasteiger partial charge in [0.05, 0.1) is 22.3 Å². The third-order valence-electron chi connectivity index (χ3n) is 3.03. The van der Waals surface area contributed by atoms with E-state index < -0.39 is 10.8 Å². The van der Waals surface area contributed by atoms with Crippen molar-refractivity contribution in [2.45, 2.75) is 19.3 Å². The van der Waals surface area contributed by atoms with E-state index in [1.54, 1.807) is 12.3 Å². The highest BCUT2D eigenvalue weighted by molar-refractivity contribution is 7.89. The zero-order chi connectivity index (χ0) is 14.4. The maximum atomic E-state index is 11.6. The Kier molecular flexibility index (Phi) is 5.30. The fraction of sp³-hybridized carbons (Fsp3) is 0.312. The number of ether oxygens (including phenoxy) is 1. The van der Waals surface area contributed by atoms with Crippen molar-refractivity contribution in [3.8, 4) is 5.75 Å². The summed E-state index contributed by atoms with van der Waals surface area (Å²) in [5, 5.41) is 0. The van der Waals surface area contributed by atoms with Gasteiger partial charge in [-0.3, -0.25) is 9.00 Å². The minimum absolute atomic E-state index is 0.0161. The van der Waals surface area contributed by atoms with Crippen LogP contribution in [0.2, 0.25) is 0 Å². The number of benzene rings is 1. The van der Waals surface area contributed by atoms with E-state index in [1.165, 1.54) is 0 Å². The molecule has 0 heterocycles. The van der Waals surface area contributed by atoms with Crippen LogP contribution < -0.4 is 4.74 Å². The predicted octanol–water partition coefficient (Wildman–Crippen LogP) is 3.01. The molecule has 2 rings (SSSR count). The predicted molar refractivity (Wildman–Crippen MR) is 81.0 cm³/mol. The maximum Gasteiger partial charge on any atom is 0.176 e. The summed E-state index contributed by atoms with van der Waals surface area (Å²) in [5.41, 5.74) is 0.972. The fourth-order valence-electron chi connectivity index (χ4n) is 2.02. The van der Waals surface area contributed by atoms with Crippen LogP contribution in [0, 0.1) is 0 Å². The van der Waals surface area contributed by atoms with Crippen molar-refractivity contribution in [3.63, 3.8) is 0 Å². The molecule has 1 aliphatic carbocycles. The van der Waals surface area contributed by atoms with Gasteiger partial charge in [0, 0.05) is 12.7 Å². The zero-order valence-corrected chi connectivity index (χ0v) is 12.3. The molecule has 0 aliphatic heterocycles. The van der Waals surface area contributed by atoms with Crippen LogP contribution in [0.5, 0.6) is 5.75 Å². The quantitative estimate of drug-likeness (QED) is 0.756. The minimum Gasteiger partial charge on any atom is -0.494 e. The summed E-state index contributed by atoms with van der Waals surface area (Å²) in [6, 6.07) is 9.70. The summed E-state index contributed by atoms with van der Waals surface area (Å²) < 4.78 is 16.9. The van der Waals surface area contributed by atoms with Gasteiger partial charge in [-0.1, -0.05) is 24.3 Å². The number of carbonyl (C=O) groups is 1. The summed E-state index contributed by atoms with van der Waals surface area (Å²) >= 11 is 0. The number of Topliss-reactive ketones (excluding diaryl/α,β-unsaturated/α-hetero) is 1. The Hall–Kier alpha value is -1.68. The van der Waals surface area contributed by atoms with E-state index in [0.29, 0.717) is 17.9 Å². The van der Waals surface area contributed by atoms with Crippen LogP contribution in [-0.2, 0) is 15.6 Å². The highest BCUT2D eigenvalue weighted by Crippen LogP contribution is 2.22. The lowest BCUT2D eigenvalue weighted by Gasteiger charge is -2.04. The number of allylic oxidation sites excluding steroid dienone is 4. The summed E-state index contributed by atoms with van der Waals surface area (Å²) in [6.07, 6.45) is 7.47. The second-order valence-electron chi connectivity index (χ2n) is 4.65. The normalized spacial score (nSPS) is 18.1.